The molecule has 0 radical (unpaired) electrons. The smallest absolute Gasteiger partial charge is 0.410 e. The molecule has 0 unspecified atom stereocenters. The second kappa shape index (κ2) is 7.07. The van der Waals surface area contributed by atoms with E-state index in [0.717, 1.165) is 0 Å². The van der Waals surface area contributed by atoms with E-state index in [2.05, 4.69) is 5.18 Å². The Morgan fingerprint density at radius 2 is 2.16 bits per heavy atom. The van der Waals surface area contributed by atoms with E-state index in [4.69, 9.17) is 4.74 Å². The number of aliphatic hydroxyl groups is 1. The van der Waals surface area contributed by atoms with Gasteiger partial charge in [-0.15, -0.1) is 0 Å². The van der Waals surface area contributed by atoms with Crippen LogP contribution in [0, 0.1) is 23.6 Å². The van der Waals surface area contributed by atoms with Crippen LogP contribution in [0.3, 0.4) is 0 Å². The summed E-state index contributed by atoms with van der Waals surface area (Å²) < 4.78 is 19.3. The van der Waals surface area contributed by atoms with Gasteiger partial charge in [0.25, 0.3) is 0 Å². The van der Waals surface area contributed by atoms with Gasteiger partial charge in [-0.25, -0.2) is 9.18 Å². The zero-order valence-corrected chi connectivity index (χ0v) is 15.1. The van der Waals surface area contributed by atoms with E-state index in [1.807, 2.05) is 0 Å². The number of likely N-dealkylation sites (tertiary alicyclic amines) is 1. The van der Waals surface area contributed by atoms with Gasteiger partial charge in [0.2, 0.25) is 0 Å². The molecule has 0 spiro atoms. The first kappa shape index (κ1) is 19.3. The molecule has 1 heterocycles. The van der Waals surface area contributed by atoms with E-state index in [9.17, 15) is 19.2 Å². The van der Waals surface area contributed by atoms with Crippen molar-refractivity contribution < 1.29 is 19.0 Å². The van der Waals surface area contributed by atoms with E-state index in [1.165, 1.54) is 11.0 Å². The Labute approximate surface area is 146 Å². The quantitative estimate of drug-likeness (QED) is 0.846. The number of piperidine rings is 1. The topological polar surface area (TPSA) is 79.2 Å². The van der Waals surface area contributed by atoms with Crippen LogP contribution in [0.25, 0.3) is 0 Å². The maximum atomic E-state index is 13.9. The highest BCUT2D eigenvalue weighted by Crippen LogP contribution is 2.38. The minimum atomic E-state index is -1.42. The van der Waals surface area contributed by atoms with Gasteiger partial charge in [0.05, 0.1) is 12.1 Å². The van der Waals surface area contributed by atoms with Crippen LogP contribution >= 0.6 is 0 Å². The first-order valence-electron chi connectivity index (χ1n) is 8.33. The van der Waals surface area contributed by atoms with Crippen LogP contribution in [0.4, 0.5) is 9.18 Å². The molecule has 0 bridgehead atoms. The van der Waals surface area contributed by atoms with Gasteiger partial charge in [-0.2, -0.15) is 4.91 Å². The summed E-state index contributed by atoms with van der Waals surface area (Å²) >= 11 is 0. The molecule has 138 valence electrons. The summed E-state index contributed by atoms with van der Waals surface area (Å²) in [6, 6.07) is 4.53. The lowest BCUT2D eigenvalue weighted by atomic mass is 9.75. The third-order valence-electron chi connectivity index (χ3n) is 4.50. The molecule has 0 saturated carbocycles. The monoisotopic (exact) mass is 352 g/mol. The van der Waals surface area contributed by atoms with E-state index in [0.29, 0.717) is 11.1 Å². The maximum Gasteiger partial charge on any atom is 0.410 e. The number of aryl methyl sites for hydroxylation is 1. The molecule has 1 fully saturated rings. The first-order chi connectivity index (χ1) is 11.6. The number of amides is 1. The molecule has 7 heteroatoms. The first-order valence-corrected chi connectivity index (χ1v) is 8.33. The fourth-order valence-electron chi connectivity index (χ4n) is 3.05. The highest BCUT2D eigenvalue weighted by molar-refractivity contribution is 5.68. The van der Waals surface area contributed by atoms with Gasteiger partial charge in [0.15, 0.2) is 0 Å². The number of hydrogen-bond donors (Lipinski definition) is 1. The van der Waals surface area contributed by atoms with Gasteiger partial charge in [-0.05, 0) is 51.3 Å². The summed E-state index contributed by atoms with van der Waals surface area (Å²) in [5, 5.41) is 14.0. The van der Waals surface area contributed by atoms with Crippen molar-refractivity contribution in [1.29, 1.82) is 0 Å². The van der Waals surface area contributed by atoms with Crippen molar-refractivity contribution in [1.82, 2.24) is 4.90 Å². The number of nitrogens with zero attached hydrogens (tertiary/aromatic N) is 2. The molecule has 2 rings (SSSR count). The number of ether oxygens (including phenoxy) is 1. The van der Waals surface area contributed by atoms with Crippen molar-refractivity contribution in [3.05, 3.63) is 40.1 Å². The summed E-state index contributed by atoms with van der Waals surface area (Å²) in [6.07, 6.45) is -0.324. The summed E-state index contributed by atoms with van der Waals surface area (Å²) in [6.45, 7) is 7.13. The fraction of sp³-hybridized carbons (Fsp3) is 0.611. The van der Waals surface area contributed by atoms with Crippen LogP contribution in [0.15, 0.2) is 23.4 Å². The lowest BCUT2D eigenvalue weighted by Crippen LogP contribution is -2.53. The molecule has 1 aliphatic heterocycles. The zero-order chi connectivity index (χ0) is 18.8. The molecule has 1 aliphatic rings. The molecule has 1 amide bonds. The average molecular weight is 352 g/mol. The minimum absolute atomic E-state index is 0.118. The number of halogens is 1. The highest BCUT2D eigenvalue weighted by Gasteiger charge is 2.45. The predicted molar refractivity (Wildman–Crippen MR) is 91.6 cm³/mol. The number of rotatable bonds is 3. The van der Waals surface area contributed by atoms with Gasteiger partial charge >= 0.3 is 6.09 Å². The van der Waals surface area contributed by atoms with Crippen molar-refractivity contribution in [2.45, 2.75) is 45.3 Å². The molecule has 1 aromatic carbocycles. The zero-order valence-electron chi connectivity index (χ0n) is 15.1. The Balaban J connectivity index is 2.25. The second-order valence-electron chi connectivity index (χ2n) is 7.57. The number of hydrogen-bond acceptors (Lipinski definition) is 5. The third kappa shape index (κ3) is 4.34. The summed E-state index contributed by atoms with van der Waals surface area (Å²) in [7, 11) is 0. The lowest BCUT2D eigenvalue weighted by molar-refractivity contribution is -0.0764. The van der Waals surface area contributed by atoms with Crippen LogP contribution in [-0.2, 0) is 10.3 Å². The third-order valence-corrected chi connectivity index (χ3v) is 4.50. The van der Waals surface area contributed by atoms with Gasteiger partial charge in [0, 0.05) is 19.0 Å². The lowest BCUT2D eigenvalue weighted by Gasteiger charge is -2.44. The van der Waals surface area contributed by atoms with Crippen LogP contribution in [0.5, 0.6) is 0 Å². The fourth-order valence-corrected chi connectivity index (χ4v) is 3.05. The Kier molecular flexibility index (Phi) is 5.46. The van der Waals surface area contributed by atoms with Gasteiger partial charge in [-0.3, -0.25) is 0 Å². The number of carbonyl (C=O) groups excluding carboxylic acids is 1. The molecule has 2 atom stereocenters. The largest absolute Gasteiger partial charge is 0.444 e. The standard InChI is InChI=1S/C18H25FN2O4/c1-12-5-6-13(9-15(12)19)18(23)7-8-21(11-14(18)10-20-24)16(22)25-17(2,3)4/h5-6,9,14,23H,7-8,10-11H2,1-4H3/t14-,18-/m0/s1. The van der Waals surface area contributed by atoms with Crippen molar-refractivity contribution >= 4 is 6.09 Å². The summed E-state index contributed by atoms with van der Waals surface area (Å²) in [5.74, 6) is -1.05. The minimum Gasteiger partial charge on any atom is -0.444 e. The second-order valence-corrected chi connectivity index (χ2v) is 7.57. The predicted octanol–water partition coefficient (Wildman–Crippen LogP) is 3.35. The van der Waals surface area contributed by atoms with Crippen LogP contribution < -0.4 is 0 Å². The molecule has 1 aromatic rings. The molecular weight excluding hydrogens is 327 g/mol. The summed E-state index contributed by atoms with van der Waals surface area (Å²) in [4.78, 5) is 24.6. The van der Waals surface area contributed by atoms with Crippen molar-refractivity contribution in [3.8, 4) is 0 Å². The van der Waals surface area contributed by atoms with E-state index < -0.39 is 29.0 Å². The molecule has 1 saturated heterocycles. The summed E-state index contributed by atoms with van der Waals surface area (Å²) in [5.41, 5.74) is -1.18. The molecule has 0 aromatic heterocycles. The highest BCUT2D eigenvalue weighted by atomic mass is 19.1. The Hall–Kier alpha value is -2.02. The van der Waals surface area contributed by atoms with Crippen LogP contribution in [-0.4, -0.2) is 41.3 Å². The van der Waals surface area contributed by atoms with Crippen LogP contribution in [0.1, 0.15) is 38.3 Å². The molecule has 1 N–H and O–H groups in total. The van der Waals surface area contributed by atoms with Crippen molar-refractivity contribution in [2.75, 3.05) is 19.6 Å². The van der Waals surface area contributed by atoms with E-state index in [-0.39, 0.29) is 26.1 Å². The number of nitroso groups, excluding NO2 is 1. The maximum absolute atomic E-state index is 13.9. The van der Waals surface area contributed by atoms with Crippen LogP contribution in [0.2, 0.25) is 0 Å². The van der Waals surface area contributed by atoms with Crippen molar-refractivity contribution in [3.63, 3.8) is 0 Å². The van der Waals surface area contributed by atoms with E-state index in [1.54, 1.807) is 39.8 Å². The molecule has 25 heavy (non-hydrogen) atoms. The molecule has 0 aliphatic carbocycles. The Morgan fingerprint density at radius 3 is 2.72 bits per heavy atom. The van der Waals surface area contributed by atoms with Gasteiger partial charge in [-0.1, -0.05) is 17.3 Å². The number of carbonyl (C=O) groups is 1. The average Bonchev–Trinajstić information content (AvgIpc) is 2.50. The Bertz CT molecular complexity index is 659. The SMILES string of the molecule is Cc1ccc([C@@]2(O)CCN(C(=O)OC(C)(C)C)C[C@@H]2CN=O)cc1F. The molecule has 6 nitrogen and oxygen atoms in total. The van der Waals surface area contributed by atoms with Crippen molar-refractivity contribution in [2.24, 2.45) is 11.1 Å². The van der Waals surface area contributed by atoms with Gasteiger partial charge in [0.1, 0.15) is 11.4 Å². The normalized spacial score (nSPS) is 24.1. The van der Waals surface area contributed by atoms with E-state index >= 15 is 0 Å². The Morgan fingerprint density at radius 1 is 1.48 bits per heavy atom. The number of benzene rings is 1. The van der Waals surface area contributed by atoms with Gasteiger partial charge < -0.3 is 14.7 Å². The molecular formula is C18H25FN2O4.